The van der Waals surface area contributed by atoms with Gasteiger partial charge in [-0.25, -0.2) is 0 Å². The zero-order chi connectivity index (χ0) is 12.7. The summed E-state index contributed by atoms with van der Waals surface area (Å²) >= 11 is 12.3. The quantitative estimate of drug-likeness (QED) is 0.762. The van der Waals surface area contributed by atoms with Crippen molar-refractivity contribution in [2.75, 3.05) is 18.5 Å². The molecule has 1 aliphatic rings. The number of hydrogen-bond donors (Lipinski definition) is 0. The monoisotopic (exact) mass is 320 g/mol. The third-order valence-electron chi connectivity index (χ3n) is 3.52. The predicted molar refractivity (Wildman–Crippen MR) is 92.8 cm³/mol. The fourth-order valence-corrected chi connectivity index (χ4v) is 37.1. The molecule has 1 unspecified atom stereocenters. The van der Waals surface area contributed by atoms with E-state index in [1.54, 1.807) is 0 Å². The number of fused-ring (bicyclic) bond motifs is 1. The summed E-state index contributed by atoms with van der Waals surface area (Å²) < 4.78 is 0. The van der Waals surface area contributed by atoms with Gasteiger partial charge in [0, 0.05) is 11.5 Å². The van der Waals surface area contributed by atoms with Crippen LogP contribution < -0.4 is 10.6 Å². The average Bonchev–Trinajstić information content (AvgIpc) is 2.57. The standard InChI is InChI=1S/C12H19P3S2/c1-4-13-14(16,5-2)11-9-7-8-10-12(11)15(13,17)6-3/h7-10H,4-6H2,1-3H3/t13?,14-,15+. The smallest absolute Gasteiger partial charge is 0.0101 e. The van der Waals surface area contributed by atoms with Crippen molar-refractivity contribution in [3.8, 4) is 0 Å². The van der Waals surface area contributed by atoms with Gasteiger partial charge in [-0.05, 0) is 36.4 Å². The first kappa shape index (κ1) is 14.4. The molecule has 0 aromatic heterocycles. The molecule has 3 atom stereocenters. The molecule has 0 aliphatic carbocycles. The van der Waals surface area contributed by atoms with Gasteiger partial charge < -0.3 is 0 Å². The molecule has 0 bridgehead atoms. The van der Waals surface area contributed by atoms with E-state index in [1.807, 2.05) is 0 Å². The fraction of sp³-hybridized carbons (Fsp3) is 0.500. The Kier molecular flexibility index (Phi) is 4.35. The molecule has 5 heteroatoms. The van der Waals surface area contributed by atoms with Gasteiger partial charge in [0.1, 0.15) is 0 Å². The van der Waals surface area contributed by atoms with Crippen LogP contribution in [0.15, 0.2) is 24.3 Å². The minimum Gasteiger partial charge on any atom is -0.0874 e. The van der Waals surface area contributed by atoms with Crippen LogP contribution in [0, 0.1) is 0 Å². The van der Waals surface area contributed by atoms with E-state index in [9.17, 15) is 0 Å². The van der Waals surface area contributed by atoms with E-state index in [4.69, 9.17) is 23.6 Å². The van der Waals surface area contributed by atoms with Gasteiger partial charge in [0.25, 0.3) is 0 Å². The largest absolute Gasteiger partial charge is 0.0874 e. The first-order chi connectivity index (χ1) is 8.04. The van der Waals surface area contributed by atoms with Crippen LogP contribution in [0.2, 0.25) is 0 Å². The Morgan fingerprint density at radius 1 is 0.941 bits per heavy atom. The molecular formula is C12H19P3S2. The molecule has 2 rings (SSSR count). The number of rotatable bonds is 3. The third-order valence-corrected chi connectivity index (χ3v) is 32.9. The van der Waals surface area contributed by atoms with Gasteiger partial charge in [0.05, 0.1) is 0 Å². The highest BCUT2D eigenvalue weighted by molar-refractivity contribution is 8.84. The molecule has 1 aliphatic heterocycles. The summed E-state index contributed by atoms with van der Waals surface area (Å²) in [6, 6.07) is 8.88. The van der Waals surface area contributed by atoms with E-state index in [-0.39, 0.29) is 7.30 Å². The van der Waals surface area contributed by atoms with Gasteiger partial charge >= 0.3 is 0 Å². The van der Waals surface area contributed by atoms with Crippen molar-refractivity contribution in [3.05, 3.63) is 24.3 Å². The molecule has 0 radical (unpaired) electrons. The van der Waals surface area contributed by atoms with E-state index >= 15 is 0 Å². The fourth-order valence-electron chi connectivity index (χ4n) is 2.66. The third kappa shape index (κ3) is 1.96. The van der Waals surface area contributed by atoms with Gasteiger partial charge in [-0.2, -0.15) is 0 Å². The Morgan fingerprint density at radius 3 is 1.65 bits per heavy atom. The maximum Gasteiger partial charge on any atom is 0.0101 e. The molecule has 1 aromatic carbocycles. The predicted octanol–water partition coefficient (Wildman–Crippen LogP) is 4.28. The lowest BCUT2D eigenvalue weighted by atomic mass is 10.4. The second-order valence-electron chi connectivity index (χ2n) is 4.21. The number of hydrogen-bond acceptors (Lipinski definition) is 2. The van der Waals surface area contributed by atoms with Crippen molar-refractivity contribution in [2.24, 2.45) is 0 Å². The number of benzene rings is 1. The molecule has 0 spiro atoms. The van der Waals surface area contributed by atoms with Crippen molar-refractivity contribution >= 4 is 53.0 Å². The molecule has 0 N–H and O–H groups in total. The molecule has 0 nitrogen and oxygen atoms in total. The molecule has 0 saturated carbocycles. The molecule has 1 heterocycles. The zero-order valence-electron chi connectivity index (χ0n) is 10.6. The summed E-state index contributed by atoms with van der Waals surface area (Å²) in [6.45, 7) is 6.87. The second-order valence-corrected chi connectivity index (χ2v) is 23.9. The van der Waals surface area contributed by atoms with Gasteiger partial charge in [-0.1, -0.05) is 68.7 Å². The molecule has 0 amide bonds. The SMILES string of the molecule is CCP1[P@@](=S)(CC)c2ccccc2[P@@]1(=S)CC. The first-order valence-electron chi connectivity index (χ1n) is 6.11. The minimum absolute atomic E-state index is 0.109. The van der Waals surface area contributed by atoms with Crippen molar-refractivity contribution in [1.82, 2.24) is 0 Å². The van der Waals surface area contributed by atoms with Crippen LogP contribution >= 0.6 is 18.8 Å². The maximum absolute atomic E-state index is 6.16. The van der Waals surface area contributed by atoms with E-state index in [2.05, 4.69) is 45.0 Å². The highest BCUT2D eigenvalue weighted by atomic mass is 32.8. The topological polar surface area (TPSA) is 0 Å². The Balaban J connectivity index is 2.77. The zero-order valence-corrected chi connectivity index (χ0v) is 14.9. The molecule has 94 valence electrons. The van der Waals surface area contributed by atoms with Gasteiger partial charge in [0.2, 0.25) is 0 Å². The van der Waals surface area contributed by atoms with Gasteiger partial charge in [-0.15, -0.1) is 0 Å². The van der Waals surface area contributed by atoms with Gasteiger partial charge in [-0.3, -0.25) is 0 Å². The summed E-state index contributed by atoms with van der Waals surface area (Å²) in [4.78, 5) is 0. The lowest BCUT2D eigenvalue weighted by Crippen LogP contribution is -2.17. The van der Waals surface area contributed by atoms with Crippen molar-refractivity contribution in [3.63, 3.8) is 0 Å². The summed E-state index contributed by atoms with van der Waals surface area (Å²) in [5.74, 6) is 0. The normalized spacial score (nSPS) is 35.8. The molecule has 1 aromatic rings. The van der Waals surface area contributed by atoms with Gasteiger partial charge in [0.15, 0.2) is 0 Å². The van der Waals surface area contributed by atoms with Crippen molar-refractivity contribution in [2.45, 2.75) is 20.8 Å². The molecule has 0 fully saturated rings. The molecular weight excluding hydrogens is 301 g/mol. The summed E-state index contributed by atoms with van der Waals surface area (Å²) in [5, 5.41) is 3.02. The Morgan fingerprint density at radius 2 is 1.35 bits per heavy atom. The first-order valence-corrected chi connectivity index (χ1v) is 15.0. The van der Waals surface area contributed by atoms with Crippen molar-refractivity contribution in [1.29, 1.82) is 0 Å². The highest BCUT2D eigenvalue weighted by Crippen LogP contribution is 2.96. The van der Waals surface area contributed by atoms with E-state index in [0.29, 0.717) is 0 Å². The lowest BCUT2D eigenvalue weighted by Gasteiger charge is -2.29. The van der Waals surface area contributed by atoms with Crippen LogP contribution in [0.1, 0.15) is 20.8 Å². The Labute approximate surface area is 116 Å². The Bertz CT molecular complexity index is 479. The van der Waals surface area contributed by atoms with Crippen LogP contribution in [-0.4, -0.2) is 18.5 Å². The van der Waals surface area contributed by atoms with E-state index in [0.717, 1.165) is 12.3 Å². The highest BCUT2D eigenvalue weighted by Gasteiger charge is 2.46. The van der Waals surface area contributed by atoms with Crippen LogP contribution in [0.3, 0.4) is 0 Å². The summed E-state index contributed by atoms with van der Waals surface area (Å²) in [6.07, 6.45) is 3.56. The van der Waals surface area contributed by atoms with Crippen LogP contribution in [0.5, 0.6) is 0 Å². The molecule has 17 heavy (non-hydrogen) atoms. The Hall–Kier alpha value is 0.950. The van der Waals surface area contributed by atoms with E-state index < -0.39 is 11.5 Å². The van der Waals surface area contributed by atoms with Crippen LogP contribution in [-0.2, 0) is 23.6 Å². The van der Waals surface area contributed by atoms with Crippen LogP contribution in [0.25, 0.3) is 0 Å². The lowest BCUT2D eigenvalue weighted by molar-refractivity contribution is 1.50. The van der Waals surface area contributed by atoms with Crippen molar-refractivity contribution < 1.29 is 0 Å². The van der Waals surface area contributed by atoms with E-state index in [1.165, 1.54) is 16.8 Å². The minimum atomic E-state index is -1.35. The summed E-state index contributed by atoms with van der Waals surface area (Å²) in [5.41, 5.74) is -2.69. The average molecular weight is 320 g/mol. The maximum atomic E-state index is 6.16. The summed E-state index contributed by atoms with van der Waals surface area (Å²) in [7, 11) is -0.109. The second kappa shape index (κ2) is 5.15. The van der Waals surface area contributed by atoms with Crippen LogP contribution in [0.4, 0.5) is 0 Å². The molecule has 0 saturated heterocycles.